The van der Waals surface area contributed by atoms with Crippen molar-refractivity contribution in [2.75, 3.05) is 26.9 Å². The summed E-state index contributed by atoms with van der Waals surface area (Å²) >= 11 is 0. The molecule has 0 atom stereocenters. The van der Waals surface area contributed by atoms with Crippen molar-refractivity contribution in [1.29, 1.82) is 0 Å². The lowest BCUT2D eigenvalue weighted by Crippen LogP contribution is -2.16. The number of methoxy groups -OCH3 is 1. The van der Waals surface area contributed by atoms with Gasteiger partial charge in [-0.25, -0.2) is 0 Å². The molecule has 0 saturated carbocycles. The molecule has 0 aliphatic rings. The van der Waals surface area contributed by atoms with E-state index in [1.807, 2.05) is 18.2 Å². The van der Waals surface area contributed by atoms with E-state index >= 15 is 0 Å². The molecule has 1 rings (SSSR count). The van der Waals surface area contributed by atoms with Crippen LogP contribution in [0.4, 0.5) is 0 Å². The van der Waals surface area contributed by atoms with Crippen molar-refractivity contribution in [2.24, 2.45) is 0 Å². The predicted molar refractivity (Wildman–Crippen MR) is 59.6 cm³/mol. The fourth-order valence-electron chi connectivity index (χ4n) is 1.33. The van der Waals surface area contributed by atoms with Crippen LogP contribution in [-0.4, -0.2) is 37.8 Å². The number of hydrogen-bond donors (Lipinski definition) is 1. The number of benzene rings is 1. The monoisotopic (exact) mass is 224 g/mol. The van der Waals surface area contributed by atoms with E-state index in [1.54, 1.807) is 6.07 Å². The highest BCUT2D eigenvalue weighted by molar-refractivity contribution is 5.81. The first-order chi connectivity index (χ1) is 7.77. The largest absolute Gasteiger partial charge is 0.485 e. The summed E-state index contributed by atoms with van der Waals surface area (Å²) in [6.45, 7) is 0.116. The van der Waals surface area contributed by atoms with Gasteiger partial charge >= 0.3 is 0 Å². The first kappa shape index (κ1) is 12.7. The molecule has 0 unspecified atom stereocenters. The van der Waals surface area contributed by atoms with Crippen LogP contribution in [0.3, 0.4) is 0 Å². The Labute approximate surface area is 94.8 Å². The Morgan fingerprint density at radius 2 is 2.06 bits per heavy atom. The maximum atomic E-state index is 11.2. The van der Waals surface area contributed by atoms with E-state index in [4.69, 9.17) is 14.6 Å². The van der Waals surface area contributed by atoms with E-state index in [0.29, 0.717) is 12.2 Å². The van der Waals surface area contributed by atoms with Gasteiger partial charge in [0, 0.05) is 13.7 Å². The molecule has 0 bridgehead atoms. The van der Waals surface area contributed by atoms with Crippen molar-refractivity contribution in [3.8, 4) is 5.75 Å². The summed E-state index contributed by atoms with van der Waals surface area (Å²) < 4.78 is 10.1. The van der Waals surface area contributed by atoms with E-state index in [2.05, 4.69) is 0 Å². The number of ketones is 1. The van der Waals surface area contributed by atoms with Crippen LogP contribution in [0, 0.1) is 0 Å². The van der Waals surface area contributed by atoms with Crippen molar-refractivity contribution >= 4 is 5.78 Å². The molecule has 0 fully saturated rings. The number of Topliss-reactive ketones (excluding diaryl/α,β-unsaturated/α-hetero) is 1. The second-order valence-electron chi connectivity index (χ2n) is 3.34. The Kier molecular flexibility index (Phi) is 5.53. The summed E-state index contributed by atoms with van der Waals surface area (Å²) in [6, 6.07) is 7.35. The topological polar surface area (TPSA) is 55.8 Å². The number of aliphatic hydroxyl groups is 1. The molecule has 0 heterocycles. The van der Waals surface area contributed by atoms with Crippen molar-refractivity contribution in [3.63, 3.8) is 0 Å². The summed E-state index contributed by atoms with van der Waals surface area (Å²) in [4.78, 5) is 11.2. The number of carbonyl (C=O) groups is 1. The van der Waals surface area contributed by atoms with Crippen LogP contribution >= 0.6 is 0 Å². The molecule has 0 aliphatic heterocycles. The Hall–Kier alpha value is -1.39. The van der Waals surface area contributed by atoms with Crippen LogP contribution in [0.25, 0.3) is 0 Å². The van der Waals surface area contributed by atoms with Crippen molar-refractivity contribution in [2.45, 2.75) is 6.42 Å². The molecule has 16 heavy (non-hydrogen) atoms. The average molecular weight is 224 g/mol. The summed E-state index contributed by atoms with van der Waals surface area (Å²) in [7, 11) is 1.47. The van der Waals surface area contributed by atoms with Crippen LogP contribution in [-0.2, 0) is 16.0 Å². The van der Waals surface area contributed by atoms with Gasteiger partial charge in [0.2, 0.25) is 0 Å². The van der Waals surface area contributed by atoms with Gasteiger partial charge in [-0.2, -0.15) is 0 Å². The maximum Gasteiger partial charge on any atom is 0.195 e. The molecule has 1 aromatic rings. The maximum absolute atomic E-state index is 11.2. The highest BCUT2D eigenvalue weighted by atomic mass is 16.5. The first-order valence-corrected chi connectivity index (χ1v) is 5.10. The van der Waals surface area contributed by atoms with E-state index in [9.17, 15) is 4.79 Å². The number of ether oxygens (including phenoxy) is 2. The third-order valence-corrected chi connectivity index (χ3v) is 2.05. The van der Waals surface area contributed by atoms with Crippen molar-refractivity contribution < 1.29 is 19.4 Å². The lowest BCUT2D eigenvalue weighted by Gasteiger charge is -2.09. The molecule has 1 N–H and O–H groups in total. The normalized spacial score (nSPS) is 10.1. The summed E-state index contributed by atoms with van der Waals surface area (Å²) in [6.07, 6.45) is 0.522. The smallest absolute Gasteiger partial charge is 0.195 e. The standard InChI is InChI=1S/C12H16O4/c1-15-8-11(14)9-16-12-5-3-2-4-10(12)6-7-13/h2-5,13H,6-9H2,1H3. The van der Waals surface area contributed by atoms with Gasteiger partial charge in [0.25, 0.3) is 0 Å². The van der Waals surface area contributed by atoms with Gasteiger partial charge in [0.15, 0.2) is 5.78 Å². The molecule has 4 heteroatoms. The lowest BCUT2D eigenvalue weighted by molar-refractivity contribution is -0.124. The molecule has 88 valence electrons. The number of para-hydroxylation sites is 1. The quantitative estimate of drug-likeness (QED) is 0.745. The zero-order chi connectivity index (χ0) is 11.8. The van der Waals surface area contributed by atoms with E-state index in [0.717, 1.165) is 5.56 Å². The first-order valence-electron chi connectivity index (χ1n) is 5.10. The van der Waals surface area contributed by atoms with Crippen LogP contribution in [0.2, 0.25) is 0 Å². The zero-order valence-corrected chi connectivity index (χ0v) is 9.31. The average Bonchev–Trinajstić information content (AvgIpc) is 2.29. The molecule has 0 saturated heterocycles. The Bertz CT molecular complexity index is 336. The van der Waals surface area contributed by atoms with Crippen molar-refractivity contribution in [1.82, 2.24) is 0 Å². The molecule has 0 amide bonds. The van der Waals surface area contributed by atoms with Gasteiger partial charge in [0.05, 0.1) is 0 Å². The Morgan fingerprint density at radius 3 is 2.75 bits per heavy atom. The molecular weight excluding hydrogens is 208 g/mol. The fraction of sp³-hybridized carbons (Fsp3) is 0.417. The zero-order valence-electron chi connectivity index (χ0n) is 9.31. The minimum absolute atomic E-state index is 0.00369. The summed E-state index contributed by atoms with van der Waals surface area (Å²) in [5.41, 5.74) is 0.898. The molecule has 1 aromatic carbocycles. The van der Waals surface area contributed by atoms with Gasteiger partial charge in [0.1, 0.15) is 19.0 Å². The molecule has 0 aliphatic carbocycles. The molecule has 0 radical (unpaired) electrons. The summed E-state index contributed by atoms with van der Waals surface area (Å²) in [5.74, 6) is 0.530. The number of hydrogen-bond acceptors (Lipinski definition) is 4. The number of aliphatic hydroxyl groups excluding tert-OH is 1. The predicted octanol–water partition coefficient (Wildman–Crippen LogP) is 0.816. The third kappa shape index (κ3) is 4.00. The second kappa shape index (κ2) is 6.98. The highest BCUT2D eigenvalue weighted by Gasteiger charge is 2.05. The third-order valence-electron chi connectivity index (χ3n) is 2.05. The Morgan fingerprint density at radius 1 is 1.31 bits per heavy atom. The van der Waals surface area contributed by atoms with E-state index in [-0.39, 0.29) is 25.6 Å². The van der Waals surface area contributed by atoms with Gasteiger partial charge in [-0.1, -0.05) is 18.2 Å². The minimum Gasteiger partial charge on any atom is -0.485 e. The van der Waals surface area contributed by atoms with Crippen LogP contribution < -0.4 is 4.74 Å². The summed E-state index contributed by atoms with van der Waals surface area (Å²) in [5, 5.41) is 8.86. The lowest BCUT2D eigenvalue weighted by atomic mass is 10.1. The molecular formula is C12H16O4. The molecule has 0 spiro atoms. The van der Waals surface area contributed by atoms with Gasteiger partial charge < -0.3 is 14.6 Å². The Balaban J connectivity index is 2.55. The van der Waals surface area contributed by atoms with E-state index < -0.39 is 0 Å². The van der Waals surface area contributed by atoms with Gasteiger partial charge in [-0.3, -0.25) is 4.79 Å². The highest BCUT2D eigenvalue weighted by Crippen LogP contribution is 2.18. The minimum atomic E-state index is -0.110. The number of carbonyl (C=O) groups excluding carboxylic acids is 1. The number of rotatable bonds is 7. The molecule has 0 aromatic heterocycles. The van der Waals surface area contributed by atoms with Gasteiger partial charge in [-0.15, -0.1) is 0 Å². The fourth-order valence-corrected chi connectivity index (χ4v) is 1.33. The second-order valence-corrected chi connectivity index (χ2v) is 3.34. The van der Waals surface area contributed by atoms with Crippen LogP contribution in [0.15, 0.2) is 24.3 Å². The van der Waals surface area contributed by atoms with Crippen LogP contribution in [0.1, 0.15) is 5.56 Å². The van der Waals surface area contributed by atoms with E-state index in [1.165, 1.54) is 7.11 Å². The SMILES string of the molecule is COCC(=O)COc1ccccc1CCO. The van der Waals surface area contributed by atoms with Crippen molar-refractivity contribution in [3.05, 3.63) is 29.8 Å². The van der Waals surface area contributed by atoms with Gasteiger partial charge in [-0.05, 0) is 18.1 Å². The van der Waals surface area contributed by atoms with Crippen LogP contribution in [0.5, 0.6) is 5.75 Å². The molecule has 4 nitrogen and oxygen atoms in total.